The second-order valence-corrected chi connectivity index (χ2v) is 6.26. The first-order chi connectivity index (χ1) is 10.3. The highest BCUT2D eigenvalue weighted by Crippen LogP contribution is 2.38. The summed E-state index contributed by atoms with van der Waals surface area (Å²) >= 11 is 0. The van der Waals surface area contributed by atoms with E-state index < -0.39 is 0 Å². The standard InChI is InChI=1S/C18H23N3/c1-2-21-17-10-6-5-9-15(17)16(20-21)13-18(14-19)11-7-3-4-8-12-18/h5-6,9-10H,2-4,7-8,11-13H2,1H3. The molecular formula is C18H23N3. The Hall–Kier alpha value is -1.82. The van der Waals surface area contributed by atoms with Crippen molar-refractivity contribution in [3.63, 3.8) is 0 Å². The van der Waals surface area contributed by atoms with Crippen LogP contribution >= 0.6 is 0 Å². The molecule has 3 heteroatoms. The summed E-state index contributed by atoms with van der Waals surface area (Å²) in [5.74, 6) is 0. The van der Waals surface area contributed by atoms with Crippen LogP contribution in [0.3, 0.4) is 0 Å². The maximum absolute atomic E-state index is 9.78. The molecule has 1 aliphatic rings. The molecule has 0 amide bonds. The van der Waals surface area contributed by atoms with Crippen molar-refractivity contribution in [3.8, 4) is 6.07 Å². The average Bonchev–Trinajstić information content (AvgIpc) is 2.71. The number of hydrogen-bond donors (Lipinski definition) is 0. The molecule has 1 heterocycles. The molecule has 1 fully saturated rings. The van der Waals surface area contributed by atoms with Crippen molar-refractivity contribution in [3.05, 3.63) is 30.0 Å². The molecule has 110 valence electrons. The molecule has 1 aromatic heterocycles. The van der Waals surface area contributed by atoms with Gasteiger partial charge in [-0.1, -0.05) is 43.9 Å². The number of aromatic nitrogens is 2. The fourth-order valence-electron chi connectivity index (χ4n) is 3.62. The van der Waals surface area contributed by atoms with Crippen molar-refractivity contribution >= 4 is 10.9 Å². The summed E-state index contributed by atoms with van der Waals surface area (Å²) in [6, 6.07) is 11.0. The van der Waals surface area contributed by atoms with E-state index in [-0.39, 0.29) is 5.41 Å². The zero-order valence-electron chi connectivity index (χ0n) is 12.8. The molecule has 3 nitrogen and oxygen atoms in total. The summed E-state index contributed by atoms with van der Waals surface area (Å²) in [5.41, 5.74) is 2.10. The Morgan fingerprint density at radius 3 is 2.57 bits per heavy atom. The predicted molar refractivity (Wildman–Crippen MR) is 84.9 cm³/mol. The lowest BCUT2D eigenvalue weighted by atomic mass is 9.77. The van der Waals surface area contributed by atoms with Gasteiger partial charge in [0.2, 0.25) is 0 Å². The van der Waals surface area contributed by atoms with Crippen LogP contribution in [0.15, 0.2) is 24.3 Å². The van der Waals surface area contributed by atoms with Crippen molar-refractivity contribution in [1.82, 2.24) is 9.78 Å². The molecule has 0 N–H and O–H groups in total. The molecule has 0 spiro atoms. The van der Waals surface area contributed by atoms with Crippen molar-refractivity contribution < 1.29 is 0 Å². The SMILES string of the molecule is CCn1nc(CC2(C#N)CCCCCC2)c2ccccc21. The lowest BCUT2D eigenvalue weighted by Gasteiger charge is -2.23. The molecule has 1 saturated carbocycles. The fourth-order valence-corrected chi connectivity index (χ4v) is 3.62. The van der Waals surface area contributed by atoms with Crippen LogP contribution in [-0.4, -0.2) is 9.78 Å². The Balaban J connectivity index is 1.98. The molecule has 0 bridgehead atoms. The summed E-state index contributed by atoms with van der Waals surface area (Å²) in [6.07, 6.45) is 7.76. The van der Waals surface area contributed by atoms with Gasteiger partial charge in [-0.25, -0.2) is 0 Å². The van der Waals surface area contributed by atoms with Gasteiger partial charge in [0, 0.05) is 18.4 Å². The minimum Gasteiger partial charge on any atom is -0.265 e. The summed E-state index contributed by atoms with van der Waals surface area (Å²) in [5, 5.41) is 15.8. The molecule has 2 aromatic rings. The molecule has 21 heavy (non-hydrogen) atoms. The third-order valence-corrected chi connectivity index (χ3v) is 4.84. The first-order valence-electron chi connectivity index (χ1n) is 8.14. The number of para-hydroxylation sites is 1. The first kappa shape index (κ1) is 14.1. The van der Waals surface area contributed by atoms with Gasteiger partial charge in [0.05, 0.1) is 22.7 Å². The van der Waals surface area contributed by atoms with Crippen LogP contribution in [0.4, 0.5) is 0 Å². The van der Waals surface area contributed by atoms with Gasteiger partial charge in [0.1, 0.15) is 0 Å². The van der Waals surface area contributed by atoms with E-state index in [2.05, 4.69) is 41.9 Å². The van der Waals surface area contributed by atoms with E-state index in [9.17, 15) is 5.26 Å². The zero-order chi connectivity index (χ0) is 14.7. The third-order valence-electron chi connectivity index (χ3n) is 4.84. The molecule has 0 unspecified atom stereocenters. The minimum absolute atomic E-state index is 0.202. The van der Waals surface area contributed by atoms with Gasteiger partial charge < -0.3 is 0 Å². The van der Waals surface area contributed by atoms with E-state index in [0.29, 0.717) is 0 Å². The predicted octanol–water partition coefficient (Wildman–Crippen LogP) is 4.46. The molecule has 0 aliphatic heterocycles. The summed E-state index contributed by atoms with van der Waals surface area (Å²) in [6.45, 7) is 3.00. The van der Waals surface area contributed by atoms with Crippen LogP contribution in [0.25, 0.3) is 10.9 Å². The van der Waals surface area contributed by atoms with Crippen LogP contribution in [0.5, 0.6) is 0 Å². The number of hydrogen-bond acceptors (Lipinski definition) is 2. The van der Waals surface area contributed by atoms with Crippen molar-refractivity contribution in [1.29, 1.82) is 5.26 Å². The van der Waals surface area contributed by atoms with Crippen LogP contribution in [-0.2, 0) is 13.0 Å². The lowest BCUT2D eigenvalue weighted by molar-refractivity contribution is 0.335. The molecule has 0 radical (unpaired) electrons. The number of fused-ring (bicyclic) bond motifs is 1. The molecule has 1 aromatic carbocycles. The van der Waals surface area contributed by atoms with E-state index in [4.69, 9.17) is 5.10 Å². The Morgan fingerprint density at radius 1 is 1.19 bits per heavy atom. The number of nitriles is 1. The highest BCUT2D eigenvalue weighted by Gasteiger charge is 2.32. The van der Waals surface area contributed by atoms with E-state index >= 15 is 0 Å². The largest absolute Gasteiger partial charge is 0.265 e. The maximum Gasteiger partial charge on any atom is 0.0719 e. The normalized spacial score (nSPS) is 18.3. The molecule has 0 atom stereocenters. The van der Waals surface area contributed by atoms with Crippen LogP contribution in [0.1, 0.15) is 51.1 Å². The van der Waals surface area contributed by atoms with Crippen molar-refractivity contribution in [2.24, 2.45) is 5.41 Å². The molecular weight excluding hydrogens is 258 g/mol. The number of aryl methyl sites for hydroxylation is 1. The zero-order valence-corrected chi connectivity index (χ0v) is 12.8. The number of rotatable bonds is 3. The smallest absolute Gasteiger partial charge is 0.0719 e. The Morgan fingerprint density at radius 2 is 1.90 bits per heavy atom. The van der Waals surface area contributed by atoms with Crippen molar-refractivity contribution in [2.75, 3.05) is 0 Å². The second kappa shape index (κ2) is 5.89. The number of nitrogens with zero attached hydrogens (tertiary/aromatic N) is 3. The topological polar surface area (TPSA) is 41.6 Å². The number of benzene rings is 1. The summed E-state index contributed by atoms with van der Waals surface area (Å²) < 4.78 is 2.06. The Bertz CT molecular complexity index is 655. The van der Waals surface area contributed by atoms with E-state index in [1.807, 2.05) is 0 Å². The molecule has 0 saturated heterocycles. The third kappa shape index (κ3) is 2.68. The first-order valence-corrected chi connectivity index (χ1v) is 8.14. The van der Waals surface area contributed by atoms with Crippen LogP contribution in [0.2, 0.25) is 0 Å². The highest BCUT2D eigenvalue weighted by atomic mass is 15.3. The van der Waals surface area contributed by atoms with E-state index in [1.54, 1.807) is 0 Å². The second-order valence-electron chi connectivity index (χ2n) is 6.26. The fraction of sp³-hybridized carbons (Fsp3) is 0.556. The van der Waals surface area contributed by atoms with Gasteiger partial charge in [0.25, 0.3) is 0 Å². The van der Waals surface area contributed by atoms with Crippen LogP contribution < -0.4 is 0 Å². The Kier molecular flexibility index (Phi) is 3.96. The minimum atomic E-state index is -0.202. The van der Waals surface area contributed by atoms with Gasteiger partial charge >= 0.3 is 0 Å². The lowest BCUT2D eigenvalue weighted by Crippen LogP contribution is -2.21. The van der Waals surface area contributed by atoms with E-state index in [0.717, 1.165) is 31.5 Å². The van der Waals surface area contributed by atoms with Gasteiger partial charge in [-0.2, -0.15) is 10.4 Å². The van der Waals surface area contributed by atoms with E-state index in [1.165, 1.54) is 36.6 Å². The van der Waals surface area contributed by atoms with Gasteiger partial charge in [0.15, 0.2) is 0 Å². The maximum atomic E-state index is 9.78. The van der Waals surface area contributed by atoms with Gasteiger partial charge in [-0.15, -0.1) is 0 Å². The quantitative estimate of drug-likeness (QED) is 0.779. The summed E-state index contributed by atoms with van der Waals surface area (Å²) in [7, 11) is 0. The van der Waals surface area contributed by atoms with Crippen LogP contribution in [0, 0.1) is 16.7 Å². The molecule has 1 aliphatic carbocycles. The summed E-state index contributed by atoms with van der Waals surface area (Å²) in [4.78, 5) is 0. The highest BCUT2D eigenvalue weighted by molar-refractivity contribution is 5.82. The Labute approximate surface area is 126 Å². The average molecular weight is 281 g/mol. The van der Waals surface area contributed by atoms with Gasteiger partial charge in [-0.05, 0) is 25.8 Å². The van der Waals surface area contributed by atoms with Gasteiger partial charge in [-0.3, -0.25) is 4.68 Å². The molecule has 3 rings (SSSR count). The van der Waals surface area contributed by atoms with Crippen molar-refractivity contribution in [2.45, 2.75) is 58.4 Å². The monoisotopic (exact) mass is 281 g/mol.